The number of anilines is 1. The highest BCUT2D eigenvalue weighted by Gasteiger charge is 2.21. The van der Waals surface area contributed by atoms with Gasteiger partial charge in [0.15, 0.2) is 0 Å². The third-order valence-electron chi connectivity index (χ3n) is 3.00. The maximum atomic E-state index is 12.1. The van der Waals surface area contributed by atoms with Crippen LogP contribution in [0.2, 0.25) is 0 Å². The van der Waals surface area contributed by atoms with Gasteiger partial charge in [0.05, 0.1) is 12.6 Å². The van der Waals surface area contributed by atoms with Gasteiger partial charge in [0.2, 0.25) is 5.91 Å². The Bertz CT molecular complexity index is 445. The topological polar surface area (TPSA) is 50.4 Å². The Labute approximate surface area is 118 Å². The number of nitrogens with one attached hydrogen (secondary N) is 2. The van der Waals surface area contributed by atoms with Gasteiger partial charge in [-0.15, -0.1) is 0 Å². The lowest BCUT2D eigenvalue weighted by Gasteiger charge is -2.22. The van der Waals surface area contributed by atoms with Crippen molar-refractivity contribution in [2.45, 2.75) is 19.9 Å². The minimum absolute atomic E-state index is 0.0412. The summed E-state index contributed by atoms with van der Waals surface area (Å²) >= 11 is 1.81. The van der Waals surface area contributed by atoms with E-state index in [4.69, 9.17) is 4.74 Å². The lowest BCUT2D eigenvalue weighted by molar-refractivity contribution is -0.117. The molecule has 104 valence electrons. The number of thioether (sulfide) groups is 1. The molecule has 1 aromatic rings. The number of aryl methyl sites for hydroxylation is 1. The zero-order valence-corrected chi connectivity index (χ0v) is 12.2. The molecule has 1 saturated heterocycles. The predicted molar refractivity (Wildman–Crippen MR) is 80.1 cm³/mol. The van der Waals surface area contributed by atoms with Crippen molar-refractivity contribution in [1.82, 2.24) is 5.32 Å². The highest BCUT2D eigenvalue weighted by molar-refractivity contribution is 7.99. The predicted octanol–water partition coefficient (Wildman–Crippen LogP) is 2.04. The first-order chi connectivity index (χ1) is 9.20. The molecule has 0 radical (unpaired) electrons. The molecule has 1 aliphatic heterocycles. The summed E-state index contributed by atoms with van der Waals surface area (Å²) in [5, 5.41) is 6.21. The molecule has 1 amide bonds. The van der Waals surface area contributed by atoms with Gasteiger partial charge in [-0.2, -0.15) is 11.8 Å². The first-order valence-corrected chi connectivity index (χ1v) is 7.71. The van der Waals surface area contributed by atoms with E-state index in [9.17, 15) is 4.79 Å². The first-order valence-electron chi connectivity index (χ1n) is 6.56. The number of hydrogen-bond acceptors (Lipinski definition) is 4. The van der Waals surface area contributed by atoms with Crippen LogP contribution in [0.4, 0.5) is 5.69 Å². The molecular formula is C14H20N2O2S. The van der Waals surface area contributed by atoms with Crippen molar-refractivity contribution in [1.29, 1.82) is 0 Å². The molecule has 0 aromatic heterocycles. The fraction of sp³-hybridized carbons (Fsp3) is 0.500. The average Bonchev–Trinajstić information content (AvgIpc) is 2.43. The summed E-state index contributed by atoms with van der Waals surface area (Å²) in [7, 11) is 0. The number of benzene rings is 1. The summed E-state index contributed by atoms with van der Waals surface area (Å²) in [5.41, 5.74) is 1.87. The zero-order valence-electron chi connectivity index (χ0n) is 11.4. The molecule has 1 atom stereocenters. The van der Waals surface area contributed by atoms with E-state index in [1.54, 1.807) is 0 Å². The van der Waals surface area contributed by atoms with E-state index in [0.29, 0.717) is 6.61 Å². The van der Waals surface area contributed by atoms with Crippen molar-refractivity contribution in [3.8, 4) is 5.75 Å². The van der Waals surface area contributed by atoms with Gasteiger partial charge in [0, 0.05) is 23.7 Å². The SMILES string of the molecule is CCOc1ccc(NC(=O)C2CSCCN2)c(C)c1. The Morgan fingerprint density at radius 2 is 2.42 bits per heavy atom. The third kappa shape index (κ3) is 3.88. The molecule has 2 rings (SSSR count). The lowest BCUT2D eigenvalue weighted by atomic mass is 10.1. The van der Waals surface area contributed by atoms with E-state index >= 15 is 0 Å². The van der Waals surface area contributed by atoms with Crippen LogP contribution in [-0.2, 0) is 4.79 Å². The smallest absolute Gasteiger partial charge is 0.242 e. The van der Waals surface area contributed by atoms with Crippen molar-refractivity contribution in [2.75, 3.05) is 30.0 Å². The molecule has 1 aromatic carbocycles. The van der Waals surface area contributed by atoms with E-state index in [1.165, 1.54) is 0 Å². The molecule has 2 N–H and O–H groups in total. The molecule has 5 heteroatoms. The molecule has 0 aliphatic carbocycles. The van der Waals surface area contributed by atoms with Gasteiger partial charge in [0.1, 0.15) is 5.75 Å². The second-order valence-corrected chi connectivity index (χ2v) is 5.63. The summed E-state index contributed by atoms with van der Waals surface area (Å²) in [4.78, 5) is 12.1. The van der Waals surface area contributed by atoms with Crippen LogP contribution in [0.1, 0.15) is 12.5 Å². The Hall–Kier alpha value is -1.20. The van der Waals surface area contributed by atoms with Crippen molar-refractivity contribution < 1.29 is 9.53 Å². The van der Waals surface area contributed by atoms with Gasteiger partial charge in [-0.1, -0.05) is 0 Å². The summed E-state index contributed by atoms with van der Waals surface area (Å²) in [6.45, 7) is 5.47. The fourth-order valence-corrected chi connectivity index (χ4v) is 2.92. The maximum Gasteiger partial charge on any atom is 0.242 e. The van der Waals surface area contributed by atoms with Crippen LogP contribution < -0.4 is 15.4 Å². The molecule has 1 fully saturated rings. The minimum Gasteiger partial charge on any atom is -0.494 e. The van der Waals surface area contributed by atoms with Crippen LogP contribution in [0.5, 0.6) is 5.75 Å². The molecule has 4 nitrogen and oxygen atoms in total. The van der Waals surface area contributed by atoms with Crippen LogP contribution in [-0.4, -0.2) is 36.6 Å². The van der Waals surface area contributed by atoms with Crippen LogP contribution in [0.3, 0.4) is 0 Å². The molecular weight excluding hydrogens is 260 g/mol. The highest BCUT2D eigenvalue weighted by atomic mass is 32.2. The molecule has 1 heterocycles. The Morgan fingerprint density at radius 1 is 1.58 bits per heavy atom. The second-order valence-electron chi connectivity index (χ2n) is 4.48. The van der Waals surface area contributed by atoms with Crippen molar-refractivity contribution in [2.24, 2.45) is 0 Å². The van der Waals surface area contributed by atoms with E-state index in [0.717, 1.165) is 35.1 Å². The van der Waals surface area contributed by atoms with Crippen molar-refractivity contribution in [3.63, 3.8) is 0 Å². The Morgan fingerprint density at radius 3 is 3.05 bits per heavy atom. The molecule has 1 aliphatic rings. The number of amides is 1. The second kappa shape index (κ2) is 6.82. The largest absolute Gasteiger partial charge is 0.494 e. The number of ether oxygens (including phenoxy) is 1. The average molecular weight is 280 g/mol. The molecule has 0 bridgehead atoms. The molecule has 19 heavy (non-hydrogen) atoms. The Kier molecular flexibility index (Phi) is 5.10. The maximum absolute atomic E-state index is 12.1. The van der Waals surface area contributed by atoms with Crippen molar-refractivity contribution >= 4 is 23.4 Å². The molecule has 0 saturated carbocycles. The third-order valence-corrected chi connectivity index (χ3v) is 4.07. The number of hydrogen-bond donors (Lipinski definition) is 2. The van der Waals surface area contributed by atoms with Gasteiger partial charge in [0.25, 0.3) is 0 Å². The minimum atomic E-state index is -0.0929. The Balaban J connectivity index is 2.00. The molecule has 1 unspecified atom stereocenters. The summed E-state index contributed by atoms with van der Waals surface area (Å²) in [6, 6.07) is 5.63. The van der Waals surface area contributed by atoms with Crippen molar-refractivity contribution in [3.05, 3.63) is 23.8 Å². The summed E-state index contributed by atoms with van der Waals surface area (Å²) < 4.78 is 5.43. The summed E-state index contributed by atoms with van der Waals surface area (Å²) in [5.74, 6) is 2.79. The fourth-order valence-electron chi connectivity index (χ4n) is 1.99. The van der Waals surface area contributed by atoms with Gasteiger partial charge < -0.3 is 15.4 Å². The number of rotatable bonds is 4. The molecule has 0 spiro atoms. The van der Waals surface area contributed by atoms with E-state index < -0.39 is 0 Å². The lowest BCUT2D eigenvalue weighted by Crippen LogP contribution is -2.46. The van der Waals surface area contributed by atoms with E-state index in [1.807, 2.05) is 43.8 Å². The normalized spacial score (nSPS) is 18.9. The summed E-state index contributed by atoms with van der Waals surface area (Å²) in [6.07, 6.45) is 0. The first kappa shape index (κ1) is 14.2. The quantitative estimate of drug-likeness (QED) is 0.886. The van der Waals surface area contributed by atoms with E-state index in [-0.39, 0.29) is 11.9 Å². The monoisotopic (exact) mass is 280 g/mol. The van der Waals surface area contributed by atoms with Gasteiger partial charge in [-0.3, -0.25) is 4.79 Å². The van der Waals surface area contributed by atoms with E-state index in [2.05, 4.69) is 10.6 Å². The van der Waals surface area contributed by atoms with Gasteiger partial charge in [-0.25, -0.2) is 0 Å². The van der Waals surface area contributed by atoms with Gasteiger partial charge in [-0.05, 0) is 37.6 Å². The van der Waals surface area contributed by atoms with Crippen LogP contribution >= 0.6 is 11.8 Å². The highest BCUT2D eigenvalue weighted by Crippen LogP contribution is 2.22. The van der Waals surface area contributed by atoms with Gasteiger partial charge >= 0.3 is 0 Å². The zero-order chi connectivity index (χ0) is 13.7. The van der Waals surface area contributed by atoms with Crippen LogP contribution in [0, 0.1) is 6.92 Å². The number of carbonyl (C=O) groups is 1. The number of carbonyl (C=O) groups excluding carboxylic acids is 1. The van der Waals surface area contributed by atoms with Crippen LogP contribution in [0.15, 0.2) is 18.2 Å². The standard InChI is InChI=1S/C14H20N2O2S/c1-3-18-11-4-5-12(10(2)8-11)16-14(17)13-9-19-7-6-15-13/h4-5,8,13,15H,3,6-7,9H2,1-2H3,(H,16,17). The van der Waals surface area contributed by atoms with Crippen LogP contribution in [0.25, 0.3) is 0 Å².